The van der Waals surface area contributed by atoms with E-state index in [2.05, 4.69) is 36.4 Å². The minimum Gasteiger partial charge on any atom is -0.342 e. The van der Waals surface area contributed by atoms with E-state index in [1.165, 1.54) is 0 Å². The molecule has 3 nitrogen and oxygen atoms in total. The SMILES string of the molecule is CC(C)C(N)CCN(C)C(=O)c1cccc(I)c1.Cl. The van der Waals surface area contributed by atoms with E-state index in [0.717, 1.165) is 15.6 Å². The molecule has 0 aromatic heterocycles. The van der Waals surface area contributed by atoms with Crippen molar-refractivity contribution >= 4 is 40.9 Å². The quantitative estimate of drug-likeness (QED) is 0.777. The lowest BCUT2D eigenvalue weighted by Gasteiger charge is -2.21. The predicted molar refractivity (Wildman–Crippen MR) is 90.8 cm³/mol. The summed E-state index contributed by atoms with van der Waals surface area (Å²) in [7, 11) is 1.83. The Kier molecular flexibility index (Phi) is 8.61. The highest BCUT2D eigenvalue weighted by Gasteiger charge is 2.14. The summed E-state index contributed by atoms with van der Waals surface area (Å²) < 4.78 is 1.07. The van der Waals surface area contributed by atoms with Crippen molar-refractivity contribution in [2.75, 3.05) is 13.6 Å². The second kappa shape index (κ2) is 8.76. The molecule has 108 valence electrons. The molecule has 2 N–H and O–H groups in total. The molecule has 0 spiro atoms. The van der Waals surface area contributed by atoms with E-state index in [-0.39, 0.29) is 24.4 Å². The minimum atomic E-state index is 0. The molecule has 0 saturated carbocycles. The van der Waals surface area contributed by atoms with Crippen molar-refractivity contribution in [1.82, 2.24) is 4.90 Å². The van der Waals surface area contributed by atoms with Gasteiger partial charge in [0.2, 0.25) is 0 Å². The third-order valence-electron chi connectivity index (χ3n) is 3.07. The molecule has 0 fully saturated rings. The first-order chi connectivity index (χ1) is 8.41. The average molecular weight is 397 g/mol. The molecule has 0 aliphatic heterocycles. The molecule has 0 aliphatic rings. The summed E-state index contributed by atoms with van der Waals surface area (Å²) in [6, 6.07) is 7.79. The maximum Gasteiger partial charge on any atom is 0.253 e. The van der Waals surface area contributed by atoms with E-state index < -0.39 is 0 Å². The van der Waals surface area contributed by atoms with E-state index in [1.54, 1.807) is 4.90 Å². The Balaban J connectivity index is 0.00000324. The average Bonchev–Trinajstić information content (AvgIpc) is 2.34. The fourth-order valence-electron chi connectivity index (χ4n) is 1.62. The van der Waals surface area contributed by atoms with Crippen LogP contribution in [0.3, 0.4) is 0 Å². The second-order valence-corrected chi connectivity index (χ2v) is 6.18. The zero-order valence-corrected chi connectivity index (χ0v) is 14.6. The largest absolute Gasteiger partial charge is 0.342 e. The molecule has 1 atom stereocenters. The Labute approximate surface area is 135 Å². The van der Waals surface area contributed by atoms with Crippen LogP contribution in [0.1, 0.15) is 30.6 Å². The molecule has 1 rings (SSSR count). The first kappa shape index (κ1) is 18.7. The summed E-state index contributed by atoms with van der Waals surface area (Å²) in [5.74, 6) is 0.510. The van der Waals surface area contributed by atoms with E-state index in [1.807, 2.05) is 31.3 Å². The van der Waals surface area contributed by atoms with Crippen molar-refractivity contribution in [3.05, 3.63) is 33.4 Å². The summed E-state index contributed by atoms with van der Waals surface area (Å²) in [6.45, 7) is 4.90. The Morgan fingerprint density at radius 2 is 2.05 bits per heavy atom. The van der Waals surface area contributed by atoms with E-state index in [4.69, 9.17) is 5.73 Å². The van der Waals surface area contributed by atoms with Crippen molar-refractivity contribution in [2.45, 2.75) is 26.3 Å². The van der Waals surface area contributed by atoms with Gasteiger partial charge in [-0.2, -0.15) is 0 Å². The van der Waals surface area contributed by atoms with Crippen LogP contribution in [0.25, 0.3) is 0 Å². The Morgan fingerprint density at radius 1 is 1.42 bits per heavy atom. The van der Waals surface area contributed by atoms with Crippen molar-refractivity contribution in [3.63, 3.8) is 0 Å². The normalized spacial score (nSPS) is 11.9. The molecule has 1 unspecified atom stereocenters. The summed E-state index contributed by atoms with van der Waals surface area (Å²) in [5, 5.41) is 0. The summed E-state index contributed by atoms with van der Waals surface area (Å²) in [5.41, 5.74) is 6.73. The number of amides is 1. The standard InChI is InChI=1S/C14H21IN2O.ClH/c1-10(2)13(16)7-8-17(3)14(18)11-5-4-6-12(15)9-11;/h4-6,9-10,13H,7-8,16H2,1-3H3;1H. The molecule has 0 saturated heterocycles. The van der Waals surface area contributed by atoms with Crippen LogP contribution in [0.4, 0.5) is 0 Å². The maximum absolute atomic E-state index is 12.2. The molecule has 0 bridgehead atoms. The van der Waals surface area contributed by atoms with Gasteiger partial charge in [-0.05, 0) is 53.1 Å². The summed E-state index contributed by atoms with van der Waals surface area (Å²) in [6.07, 6.45) is 0.837. The number of nitrogens with two attached hydrogens (primary N) is 1. The lowest BCUT2D eigenvalue weighted by Crippen LogP contribution is -2.34. The van der Waals surface area contributed by atoms with E-state index in [9.17, 15) is 4.79 Å². The predicted octanol–water partition coefficient (Wildman–Crippen LogP) is 3.16. The molecule has 1 amide bonds. The highest BCUT2D eigenvalue weighted by molar-refractivity contribution is 14.1. The van der Waals surface area contributed by atoms with Gasteiger partial charge < -0.3 is 10.6 Å². The smallest absolute Gasteiger partial charge is 0.253 e. The van der Waals surface area contributed by atoms with Crippen molar-refractivity contribution < 1.29 is 4.79 Å². The van der Waals surface area contributed by atoms with Crippen LogP contribution in [0.15, 0.2) is 24.3 Å². The topological polar surface area (TPSA) is 46.3 Å². The van der Waals surface area contributed by atoms with Gasteiger partial charge in [0.25, 0.3) is 5.91 Å². The number of rotatable bonds is 5. The number of nitrogens with zero attached hydrogens (tertiary/aromatic N) is 1. The van der Waals surface area contributed by atoms with Crippen LogP contribution < -0.4 is 5.73 Å². The van der Waals surface area contributed by atoms with E-state index >= 15 is 0 Å². The first-order valence-corrected chi connectivity index (χ1v) is 7.26. The number of hydrogen-bond donors (Lipinski definition) is 1. The monoisotopic (exact) mass is 396 g/mol. The first-order valence-electron chi connectivity index (χ1n) is 6.18. The van der Waals surface area contributed by atoms with Crippen LogP contribution in [0.2, 0.25) is 0 Å². The molecule has 0 heterocycles. The Morgan fingerprint density at radius 3 is 2.58 bits per heavy atom. The van der Waals surface area contributed by atoms with E-state index in [0.29, 0.717) is 12.5 Å². The summed E-state index contributed by atoms with van der Waals surface area (Å²) in [4.78, 5) is 13.9. The molecule has 1 aromatic carbocycles. The third-order valence-corrected chi connectivity index (χ3v) is 3.74. The molecule has 0 radical (unpaired) electrons. The van der Waals surface area contributed by atoms with Gasteiger partial charge in [0.15, 0.2) is 0 Å². The van der Waals surface area contributed by atoms with Gasteiger partial charge >= 0.3 is 0 Å². The van der Waals surface area contributed by atoms with Crippen molar-refractivity contribution in [3.8, 4) is 0 Å². The lowest BCUT2D eigenvalue weighted by atomic mass is 10.0. The maximum atomic E-state index is 12.2. The number of halogens is 2. The highest BCUT2D eigenvalue weighted by Crippen LogP contribution is 2.11. The van der Waals surface area contributed by atoms with Crippen LogP contribution >= 0.6 is 35.0 Å². The van der Waals surface area contributed by atoms with Crippen LogP contribution in [0.5, 0.6) is 0 Å². The zero-order valence-electron chi connectivity index (χ0n) is 11.6. The molecular weight excluding hydrogens is 375 g/mol. The van der Waals surface area contributed by atoms with Gasteiger partial charge in [-0.3, -0.25) is 4.79 Å². The van der Waals surface area contributed by atoms with Gasteiger partial charge in [0.1, 0.15) is 0 Å². The van der Waals surface area contributed by atoms with Gasteiger partial charge in [-0.15, -0.1) is 12.4 Å². The zero-order chi connectivity index (χ0) is 13.7. The second-order valence-electron chi connectivity index (χ2n) is 4.93. The highest BCUT2D eigenvalue weighted by atomic mass is 127. The van der Waals surface area contributed by atoms with Gasteiger partial charge in [-0.25, -0.2) is 0 Å². The number of hydrogen-bond acceptors (Lipinski definition) is 2. The Bertz CT molecular complexity index is 412. The van der Waals surface area contributed by atoms with Crippen molar-refractivity contribution in [2.24, 2.45) is 11.7 Å². The molecule has 19 heavy (non-hydrogen) atoms. The molecule has 0 aliphatic carbocycles. The molecule has 5 heteroatoms. The van der Waals surface area contributed by atoms with Gasteiger partial charge in [0.05, 0.1) is 0 Å². The van der Waals surface area contributed by atoms with Gasteiger partial charge in [0, 0.05) is 28.8 Å². The number of carbonyl (C=O) groups is 1. The molecular formula is C14H22ClIN2O. The molecule has 1 aromatic rings. The third kappa shape index (κ3) is 6.10. The fraction of sp³-hybridized carbons (Fsp3) is 0.500. The minimum absolute atomic E-state index is 0. The van der Waals surface area contributed by atoms with Gasteiger partial charge in [-0.1, -0.05) is 19.9 Å². The Hall–Kier alpha value is -0.330. The van der Waals surface area contributed by atoms with Crippen LogP contribution in [-0.4, -0.2) is 30.4 Å². The lowest BCUT2D eigenvalue weighted by molar-refractivity contribution is 0.0789. The number of benzene rings is 1. The van der Waals surface area contributed by atoms with Crippen LogP contribution in [-0.2, 0) is 0 Å². The summed E-state index contributed by atoms with van der Waals surface area (Å²) >= 11 is 2.21. The van der Waals surface area contributed by atoms with Crippen LogP contribution in [0, 0.1) is 9.49 Å². The fourth-order valence-corrected chi connectivity index (χ4v) is 2.16. The van der Waals surface area contributed by atoms with Crippen molar-refractivity contribution in [1.29, 1.82) is 0 Å². The number of carbonyl (C=O) groups excluding carboxylic acids is 1.